The van der Waals surface area contributed by atoms with Crippen molar-refractivity contribution in [2.45, 2.75) is 35.3 Å². The van der Waals surface area contributed by atoms with Crippen LogP contribution in [0.25, 0.3) is 0 Å². The Balaban J connectivity index is 1.63. The number of rotatable bonds is 7. The summed E-state index contributed by atoms with van der Waals surface area (Å²) in [4.78, 5) is 12.4. The van der Waals surface area contributed by atoms with Crippen LogP contribution in [0.2, 0.25) is 0 Å². The Kier molecular flexibility index (Phi) is 5.79. The van der Waals surface area contributed by atoms with Crippen LogP contribution in [0.15, 0.2) is 52.1 Å². The lowest BCUT2D eigenvalue weighted by atomic mass is 9.79. The summed E-state index contributed by atoms with van der Waals surface area (Å²) < 4.78 is 26.2. The molecular weight excluding hydrogens is 368 g/mol. The Morgan fingerprint density at radius 1 is 1.15 bits per heavy atom. The number of thiophene rings is 1. The van der Waals surface area contributed by atoms with Crippen molar-refractivity contribution >= 4 is 27.3 Å². The molecule has 0 bridgehead atoms. The molecule has 2 aromatic rings. The number of likely N-dealkylation sites (N-methyl/N-ethyl adjacent to an activating group) is 1. The number of hydrogen-bond acceptors (Lipinski definition) is 4. The summed E-state index contributed by atoms with van der Waals surface area (Å²) in [7, 11) is -2.16. The van der Waals surface area contributed by atoms with Gasteiger partial charge in [0.15, 0.2) is 0 Å². The first kappa shape index (κ1) is 19.1. The molecule has 1 aliphatic rings. The number of carbonyl (C=O) groups is 1. The van der Waals surface area contributed by atoms with Crippen molar-refractivity contribution in [1.29, 1.82) is 0 Å². The zero-order valence-electron chi connectivity index (χ0n) is 14.8. The van der Waals surface area contributed by atoms with E-state index in [0.29, 0.717) is 6.54 Å². The van der Waals surface area contributed by atoms with Crippen LogP contribution in [0.5, 0.6) is 0 Å². The zero-order chi connectivity index (χ0) is 18.6. The van der Waals surface area contributed by atoms with Gasteiger partial charge in [0.25, 0.3) is 10.0 Å². The van der Waals surface area contributed by atoms with Gasteiger partial charge in [-0.2, -0.15) is 4.31 Å². The van der Waals surface area contributed by atoms with Gasteiger partial charge in [-0.05, 0) is 29.9 Å². The summed E-state index contributed by atoms with van der Waals surface area (Å²) in [6.07, 6.45) is 4.39. The van der Waals surface area contributed by atoms with Crippen LogP contribution in [-0.2, 0) is 20.2 Å². The van der Waals surface area contributed by atoms with E-state index in [4.69, 9.17) is 0 Å². The second-order valence-electron chi connectivity index (χ2n) is 6.82. The lowest BCUT2D eigenvalue weighted by Gasteiger charge is -2.30. The lowest BCUT2D eigenvalue weighted by molar-refractivity contribution is -0.121. The van der Waals surface area contributed by atoms with E-state index in [9.17, 15) is 13.2 Å². The van der Waals surface area contributed by atoms with Gasteiger partial charge in [-0.1, -0.05) is 49.2 Å². The van der Waals surface area contributed by atoms with Crippen molar-refractivity contribution in [2.75, 3.05) is 20.1 Å². The van der Waals surface area contributed by atoms with Crippen molar-refractivity contribution in [3.05, 3.63) is 53.4 Å². The maximum absolute atomic E-state index is 12.4. The first-order valence-corrected chi connectivity index (χ1v) is 11.1. The molecule has 26 heavy (non-hydrogen) atoms. The van der Waals surface area contributed by atoms with Gasteiger partial charge in [0.1, 0.15) is 4.21 Å². The molecule has 1 heterocycles. The Morgan fingerprint density at radius 2 is 1.85 bits per heavy atom. The van der Waals surface area contributed by atoms with Gasteiger partial charge in [0, 0.05) is 19.0 Å². The highest BCUT2D eigenvalue weighted by molar-refractivity contribution is 7.91. The van der Waals surface area contributed by atoms with Crippen LogP contribution >= 0.6 is 11.3 Å². The summed E-state index contributed by atoms with van der Waals surface area (Å²) in [6.45, 7) is 0.369. The quantitative estimate of drug-likeness (QED) is 0.788. The average molecular weight is 393 g/mol. The Morgan fingerprint density at radius 3 is 2.46 bits per heavy atom. The van der Waals surface area contributed by atoms with Crippen LogP contribution in [0.1, 0.15) is 31.2 Å². The molecule has 3 rings (SSSR count). The van der Waals surface area contributed by atoms with E-state index in [1.165, 1.54) is 12.6 Å². The highest BCUT2D eigenvalue weighted by Crippen LogP contribution is 2.40. The summed E-state index contributed by atoms with van der Waals surface area (Å²) >= 11 is 1.15. The molecule has 7 heteroatoms. The Bertz CT molecular complexity index is 827. The second-order valence-corrected chi connectivity index (χ2v) is 10.0. The van der Waals surface area contributed by atoms with Crippen LogP contribution in [-0.4, -0.2) is 38.8 Å². The van der Waals surface area contributed by atoms with Crippen molar-refractivity contribution < 1.29 is 13.2 Å². The summed E-state index contributed by atoms with van der Waals surface area (Å²) in [5.74, 6) is -0.269. The fraction of sp³-hybridized carbons (Fsp3) is 0.421. The normalized spacial score (nSPS) is 16.7. The minimum atomic E-state index is -3.60. The van der Waals surface area contributed by atoms with Gasteiger partial charge in [0.05, 0.1) is 6.54 Å². The molecular formula is C19H24N2O3S2. The Labute approximate surface area is 159 Å². The van der Waals surface area contributed by atoms with Crippen LogP contribution < -0.4 is 5.32 Å². The first-order valence-electron chi connectivity index (χ1n) is 8.76. The topological polar surface area (TPSA) is 66.5 Å². The predicted octanol–water partition coefficient (Wildman–Crippen LogP) is 3.00. The third kappa shape index (κ3) is 4.00. The highest BCUT2D eigenvalue weighted by atomic mass is 32.2. The molecule has 1 amide bonds. The number of hydrogen-bond donors (Lipinski definition) is 1. The third-order valence-corrected chi connectivity index (χ3v) is 8.27. The molecule has 5 nitrogen and oxygen atoms in total. The SMILES string of the molecule is CN(CC(=O)NCC1(c2ccccc2)CCCC1)S(=O)(=O)c1cccs1. The van der Waals surface area contributed by atoms with Crippen LogP contribution in [0, 0.1) is 0 Å². The van der Waals surface area contributed by atoms with E-state index < -0.39 is 10.0 Å². The standard InChI is InChI=1S/C19H24N2O3S2/c1-21(26(23,24)18-10-7-13-25-18)14-17(22)20-15-19(11-5-6-12-19)16-8-3-2-4-9-16/h2-4,7-10,13H,5-6,11-12,14-15H2,1H3,(H,20,22). The highest BCUT2D eigenvalue weighted by Gasteiger charge is 2.36. The zero-order valence-corrected chi connectivity index (χ0v) is 16.5. The summed E-state index contributed by atoms with van der Waals surface area (Å²) in [5, 5.41) is 4.68. The molecule has 0 unspecified atom stereocenters. The fourth-order valence-electron chi connectivity index (χ4n) is 3.59. The van der Waals surface area contributed by atoms with Crippen LogP contribution in [0.4, 0.5) is 0 Å². The summed E-state index contributed by atoms with van der Waals surface area (Å²) in [5.41, 5.74) is 1.21. The molecule has 0 atom stereocenters. The van der Waals surface area contributed by atoms with Crippen LogP contribution in [0.3, 0.4) is 0 Å². The minimum Gasteiger partial charge on any atom is -0.354 e. The average Bonchev–Trinajstić information content (AvgIpc) is 3.33. The lowest BCUT2D eigenvalue weighted by Crippen LogP contribution is -2.43. The molecule has 0 radical (unpaired) electrons. The van der Waals surface area contributed by atoms with Gasteiger partial charge >= 0.3 is 0 Å². The van der Waals surface area contributed by atoms with E-state index >= 15 is 0 Å². The maximum Gasteiger partial charge on any atom is 0.252 e. The van der Waals surface area contributed by atoms with E-state index in [1.54, 1.807) is 17.5 Å². The molecule has 1 saturated carbocycles. The van der Waals surface area contributed by atoms with Gasteiger partial charge in [-0.25, -0.2) is 8.42 Å². The third-order valence-electron chi connectivity index (χ3n) is 5.10. The second kappa shape index (κ2) is 7.90. The molecule has 0 aliphatic heterocycles. The largest absolute Gasteiger partial charge is 0.354 e. The number of carbonyl (C=O) groups excluding carboxylic acids is 1. The van der Waals surface area contributed by atoms with Crippen molar-refractivity contribution in [3.63, 3.8) is 0 Å². The number of nitrogens with zero attached hydrogens (tertiary/aromatic N) is 1. The molecule has 140 valence electrons. The molecule has 1 aliphatic carbocycles. The maximum atomic E-state index is 12.4. The molecule has 1 N–H and O–H groups in total. The van der Waals surface area contributed by atoms with Gasteiger partial charge in [-0.15, -0.1) is 11.3 Å². The monoisotopic (exact) mass is 392 g/mol. The molecule has 1 fully saturated rings. The van der Waals surface area contributed by atoms with Gasteiger partial charge < -0.3 is 5.32 Å². The van der Waals surface area contributed by atoms with Gasteiger partial charge in [-0.3, -0.25) is 4.79 Å². The smallest absolute Gasteiger partial charge is 0.252 e. The number of sulfonamides is 1. The van der Waals surface area contributed by atoms with E-state index in [2.05, 4.69) is 17.4 Å². The van der Waals surface area contributed by atoms with Gasteiger partial charge in [0.2, 0.25) is 5.91 Å². The molecule has 0 saturated heterocycles. The minimum absolute atomic E-state index is 0.0396. The van der Waals surface area contributed by atoms with Crippen molar-refractivity contribution in [1.82, 2.24) is 9.62 Å². The van der Waals surface area contributed by atoms with E-state index in [0.717, 1.165) is 41.3 Å². The van der Waals surface area contributed by atoms with E-state index in [-0.39, 0.29) is 22.1 Å². The van der Waals surface area contributed by atoms with Crippen molar-refractivity contribution in [3.8, 4) is 0 Å². The number of nitrogens with one attached hydrogen (secondary N) is 1. The van der Waals surface area contributed by atoms with Crippen molar-refractivity contribution in [2.24, 2.45) is 0 Å². The molecule has 1 aromatic heterocycles. The fourth-order valence-corrected chi connectivity index (χ4v) is 5.91. The molecule has 1 aromatic carbocycles. The summed E-state index contributed by atoms with van der Waals surface area (Å²) in [6, 6.07) is 13.5. The predicted molar refractivity (Wildman–Crippen MR) is 104 cm³/mol. The molecule has 0 spiro atoms. The number of benzene rings is 1. The number of amides is 1. The Hall–Kier alpha value is -1.70. The van der Waals surface area contributed by atoms with E-state index in [1.807, 2.05) is 18.2 Å². The first-order chi connectivity index (χ1) is 12.4.